The zero-order valence-corrected chi connectivity index (χ0v) is 9.45. The lowest BCUT2D eigenvalue weighted by Crippen LogP contribution is -2.29. The van der Waals surface area contributed by atoms with Gasteiger partial charge in [0.2, 0.25) is 0 Å². The lowest BCUT2D eigenvalue weighted by molar-refractivity contribution is 0.218. The first-order valence-corrected chi connectivity index (χ1v) is 5.84. The molecule has 1 saturated heterocycles. The number of nitrogens with zero attached hydrogens (tertiary/aromatic N) is 3. The molecule has 0 atom stereocenters. The van der Waals surface area contributed by atoms with E-state index >= 15 is 0 Å². The van der Waals surface area contributed by atoms with Gasteiger partial charge in [0.15, 0.2) is 0 Å². The van der Waals surface area contributed by atoms with Gasteiger partial charge in [0.05, 0.1) is 5.69 Å². The molecule has 0 unspecified atom stereocenters. The van der Waals surface area contributed by atoms with Crippen LogP contribution < -0.4 is 5.73 Å². The zero-order valence-electron chi connectivity index (χ0n) is 9.45. The second-order valence-corrected chi connectivity index (χ2v) is 4.21. The van der Waals surface area contributed by atoms with Crippen LogP contribution in [0.1, 0.15) is 31.9 Å². The van der Waals surface area contributed by atoms with E-state index in [1.807, 2.05) is 10.7 Å². The van der Waals surface area contributed by atoms with E-state index in [1.165, 1.54) is 32.4 Å². The Bertz CT molecular complexity index is 312. The quantitative estimate of drug-likeness (QED) is 0.818. The molecule has 0 saturated carbocycles. The molecule has 0 aromatic carbocycles. The van der Waals surface area contributed by atoms with Gasteiger partial charge in [-0.25, -0.2) is 0 Å². The highest BCUT2D eigenvalue weighted by atomic mass is 15.3. The highest BCUT2D eigenvalue weighted by Crippen LogP contribution is 2.13. The van der Waals surface area contributed by atoms with E-state index < -0.39 is 0 Å². The lowest BCUT2D eigenvalue weighted by atomic mass is 10.1. The van der Waals surface area contributed by atoms with E-state index in [4.69, 9.17) is 5.73 Å². The molecule has 4 nitrogen and oxygen atoms in total. The summed E-state index contributed by atoms with van der Waals surface area (Å²) in [4.78, 5) is 2.46. The summed E-state index contributed by atoms with van der Waals surface area (Å²) in [5.41, 5.74) is 6.95. The Kier molecular flexibility index (Phi) is 3.26. The number of aromatic nitrogens is 2. The number of hydrogen-bond acceptors (Lipinski definition) is 3. The van der Waals surface area contributed by atoms with Gasteiger partial charge in [-0.1, -0.05) is 6.42 Å². The van der Waals surface area contributed by atoms with E-state index in [0.717, 1.165) is 24.6 Å². The maximum atomic E-state index is 5.84. The lowest BCUT2D eigenvalue weighted by Gasteiger charge is -2.25. The van der Waals surface area contributed by atoms with Gasteiger partial charge in [0, 0.05) is 19.2 Å². The fourth-order valence-corrected chi connectivity index (χ4v) is 2.16. The summed E-state index contributed by atoms with van der Waals surface area (Å²) >= 11 is 0. The first-order chi connectivity index (χ1) is 7.29. The molecule has 0 radical (unpaired) electrons. The SMILES string of the molecule is CCn1nc(CN2CCCCC2)cc1N. The largest absolute Gasteiger partial charge is 0.384 e. The minimum Gasteiger partial charge on any atom is -0.384 e. The first kappa shape index (κ1) is 10.5. The van der Waals surface area contributed by atoms with Gasteiger partial charge in [0.25, 0.3) is 0 Å². The number of hydrogen-bond donors (Lipinski definition) is 1. The number of rotatable bonds is 3. The van der Waals surface area contributed by atoms with Crippen LogP contribution in [-0.2, 0) is 13.1 Å². The Balaban J connectivity index is 1.97. The molecule has 1 aliphatic rings. The van der Waals surface area contributed by atoms with Gasteiger partial charge in [-0.2, -0.15) is 5.10 Å². The molecule has 0 spiro atoms. The number of nitrogen functional groups attached to an aromatic ring is 1. The van der Waals surface area contributed by atoms with Crippen LogP contribution in [0.2, 0.25) is 0 Å². The summed E-state index contributed by atoms with van der Waals surface area (Å²) < 4.78 is 1.86. The monoisotopic (exact) mass is 208 g/mol. The van der Waals surface area contributed by atoms with Gasteiger partial charge in [-0.15, -0.1) is 0 Å². The predicted octanol–water partition coefficient (Wildman–Crippen LogP) is 1.47. The Hall–Kier alpha value is -1.03. The molecule has 1 fully saturated rings. The fourth-order valence-electron chi connectivity index (χ4n) is 2.16. The first-order valence-electron chi connectivity index (χ1n) is 5.84. The minimum atomic E-state index is 0.782. The van der Waals surface area contributed by atoms with E-state index in [9.17, 15) is 0 Å². The molecule has 1 aromatic heterocycles. The van der Waals surface area contributed by atoms with Crippen molar-refractivity contribution in [1.29, 1.82) is 0 Å². The summed E-state index contributed by atoms with van der Waals surface area (Å²) in [6.45, 7) is 6.29. The maximum Gasteiger partial charge on any atom is 0.121 e. The van der Waals surface area contributed by atoms with Crippen LogP contribution in [0.5, 0.6) is 0 Å². The molecule has 1 aromatic rings. The number of likely N-dealkylation sites (tertiary alicyclic amines) is 1. The average molecular weight is 208 g/mol. The molecular formula is C11H20N4. The van der Waals surface area contributed by atoms with Crippen molar-refractivity contribution in [3.8, 4) is 0 Å². The van der Waals surface area contributed by atoms with Crippen molar-refractivity contribution in [2.45, 2.75) is 39.3 Å². The highest BCUT2D eigenvalue weighted by Gasteiger charge is 2.12. The Morgan fingerprint density at radius 3 is 2.67 bits per heavy atom. The molecule has 2 N–H and O–H groups in total. The minimum absolute atomic E-state index is 0.782. The summed E-state index contributed by atoms with van der Waals surface area (Å²) in [6.07, 6.45) is 4.02. The summed E-state index contributed by atoms with van der Waals surface area (Å²) in [5.74, 6) is 0.782. The van der Waals surface area contributed by atoms with E-state index in [-0.39, 0.29) is 0 Å². The highest BCUT2D eigenvalue weighted by molar-refractivity contribution is 5.30. The normalized spacial score (nSPS) is 18.2. The molecule has 15 heavy (non-hydrogen) atoms. The molecule has 0 aliphatic carbocycles. The molecular weight excluding hydrogens is 188 g/mol. The van der Waals surface area contributed by atoms with E-state index in [2.05, 4.69) is 16.9 Å². The van der Waals surface area contributed by atoms with Gasteiger partial charge in [-0.05, 0) is 32.9 Å². The molecule has 4 heteroatoms. The molecule has 2 heterocycles. The Morgan fingerprint density at radius 2 is 2.07 bits per heavy atom. The third-order valence-electron chi connectivity index (χ3n) is 3.00. The van der Waals surface area contributed by atoms with E-state index in [0.29, 0.717) is 0 Å². The van der Waals surface area contributed by atoms with Crippen molar-refractivity contribution >= 4 is 5.82 Å². The number of anilines is 1. The Morgan fingerprint density at radius 1 is 1.33 bits per heavy atom. The third-order valence-corrected chi connectivity index (χ3v) is 3.00. The molecule has 0 amide bonds. The molecule has 1 aliphatic heterocycles. The fraction of sp³-hybridized carbons (Fsp3) is 0.727. The van der Waals surface area contributed by atoms with Gasteiger partial charge in [-0.3, -0.25) is 9.58 Å². The van der Waals surface area contributed by atoms with Crippen molar-refractivity contribution in [2.75, 3.05) is 18.8 Å². The predicted molar refractivity (Wildman–Crippen MR) is 61.4 cm³/mol. The second-order valence-electron chi connectivity index (χ2n) is 4.21. The van der Waals surface area contributed by atoms with Crippen molar-refractivity contribution < 1.29 is 0 Å². The molecule has 84 valence electrons. The van der Waals surface area contributed by atoms with E-state index in [1.54, 1.807) is 0 Å². The summed E-state index contributed by atoms with van der Waals surface area (Å²) in [6, 6.07) is 2.00. The number of nitrogens with two attached hydrogens (primary N) is 1. The van der Waals surface area contributed by atoms with Gasteiger partial charge in [0.1, 0.15) is 5.82 Å². The zero-order chi connectivity index (χ0) is 10.7. The van der Waals surface area contributed by atoms with Crippen molar-refractivity contribution in [3.05, 3.63) is 11.8 Å². The van der Waals surface area contributed by atoms with Crippen LogP contribution in [-0.4, -0.2) is 27.8 Å². The van der Waals surface area contributed by atoms with Crippen LogP contribution in [0, 0.1) is 0 Å². The van der Waals surface area contributed by atoms with Gasteiger partial charge >= 0.3 is 0 Å². The topological polar surface area (TPSA) is 47.1 Å². The van der Waals surface area contributed by atoms with Crippen molar-refractivity contribution in [1.82, 2.24) is 14.7 Å². The second kappa shape index (κ2) is 4.66. The Labute approximate surface area is 91.1 Å². The third kappa shape index (κ3) is 2.50. The van der Waals surface area contributed by atoms with Crippen LogP contribution >= 0.6 is 0 Å². The smallest absolute Gasteiger partial charge is 0.121 e. The standard InChI is InChI=1S/C11H20N4/c1-2-15-11(12)8-10(13-15)9-14-6-4-3-5-7-14/h8H,2-7,9,12H2,1H3. The average Bonchev–Trinajstić information content (AvgIpc) is 2.60. The number of aryl methyl sites for hydroxylation is 1. The molecule has 2 rings (SSSR count). The van der Waals surface area contributed by atoms with Crippen molar-refractivity contribution in [2.24, 2.45) is 0 Å². The summed E-state index contributed by atoms with van der Waals surface area (Å²) in [5, 5.41) is 4.47. The van der Waals surface area contributed by atoms with Crippen LogP contribution in [0.15, 0.2) is 6.07 Å². The van der Waals surface area contributed by atoms with Gasteiger partial charge < -0.3 is 5.73 Å². The van der Waals surface area contributed by atoms with Crippen LogP contribution in [0.25, 0.3) is 0 Å². The molecule has 0 bridgehead atoms. The van der Waals surface area contributed by atoms with Crippen LogP contribution in [0.4, 0.5) is 5.82 Å². The van der Waals surface area contributed by atoms with Crippen LogP contribution in [0.3, 0.4) is 0 Å². The number of piperidine rings is 1. The van der Waals surface area contributed by atoms with Crippen molar-refractivity contribution in [3.63, 3.8) is 0 Å². The maximum absolute atomic E-state index is 5.84. The summed E-state index contributed by atoms with van der Waals surface area (Å²) in [7, 11) is 0.